The van der Waals surface area contributed by atoms with Crippen molar-refractivity contribution in [2.24, 2.45) is 0 Å². The number of carbonyl (C=O) groups is 1. The van der Waals surface area contributed by atoms with Crippen molar-refractivity contribution in [2.45, 2.75) is 27.3 Å². The summed E-state index contributed by atoms with van der Waals surface area (Å²) in [6.45, 7) is 12.1. The molecule has 1 aliphatic rings. The zero-order valence-corrected chi connectivity index (χ0v) is 17.9. The molecular formula is C23H31N3OS+2. The zero-order valence-electron chi connectivity index (χ0n) is 17.1. The van der Waals surface area contributed by atoms with Gasteiger partial charge in [-0.05, 0) is 19.1 Å². The van der Waals surface area contributed by atoms with Gasteiger partial charge in [0.1, 0.15) is 39.3 Å². The van der Waals surface area contributed by atoms with Crippen molar-refractivity contribution in [3.63, 3.8) is 0 Å². The molecule has 4 rings (SSSR count). The molecule has 3 aromatic rings. The summed E-state index contributed by atoms with van der Waals surface area (Å²) >= 11 is 1.76. The van der Waals surface area contributed by atoms with Gasteiger partial charge in [0.2, 0.25) is 5.78 Å². The summed E-state index contributed by atoms with van der Waals surface area (Å²) in [5.41, 5.74) is 3.32. The van der Waals surface area contributed by atoms with E-state index in [1.807, 2.05) is 44.2 Å². The highest BCUT2D eigenvalue weighted by atomic mass is 32.1. The summed E-state index contributed by atoms with van der Waals surface area (Å²) in [7, 11) is 0. The van der Waals surface area contributed by atoms with Gasteiger partial charge in [0.15, 0.2) is 0 Å². The number of Topliss-reactive ketones (excluding diaryl/α,β-unsaturated/α-hetero) is 1. The maximum Gasteiger partial charge on any atom is 0.216 e. The molecular weight excluding hydrogens is 366 g/mol. The molecule has 2 heterocycles. The monoisotopic (exact) mass is 397 g/mol. The number of carbonyl (C=O) groups excluding carboxylic acids is 1. The van der Waals surface area contributed by atoms with Gasteiger partial charge in [-0.3, -0.25) is 4.79 Å². The van der Waals surface area contributed by atoms with E-state index in [9.17, 15) is 4.79 Å². The lowest BCUT2D eigenvalue weighted by Crippen LogP contribution is -3.27. The number of nitrogens with zero attached hydrogens (tertiary/aromatic N) is 1. The van der Waals surface area contributed by atoms with Crippen LogP contribution in [0, 0.1) is 6.92 Å². The molecule has 0 atom stereocenters. The summed E-state index contributed by atoms with van der Waals surface area (Å²) in [6, 6.07) is 16.3. The first-order valence-corrected chi connectivity index (χ1v) is 11.1. The second-order valence-corrected chi connectivity index (χ2v) is 8.41. The molecule has 2 aromatic carbocycles. The van der Waals surface area contributed by atoms with Gasteiger partial charge >= 0.3 is 0 Å². The van der Waals surface area contributed by atoms with Crippen LogP contribution in [0.4, 0.5) is 0 Å². The molecule has 1 aromatic heterocycles. The molecule has 4 nitrogen and oxygen atoms in total. The predicted octanol–water partition coefficient (Wildman–Crippen LogP) is 1.80. The zero-order chi connectivity index (χ0) is 19.9. The van der Waals surface area contributed by atoms with Crippen molar-refractivity contribution < 1.29 is 14.6 Å². The molecule has 0 aliphatic carbocycles. The Bertz CT molecular complexity index is 899. The van der Waals surface area contributed by atoms with E-state index < -0.39 is 0 Å². The fourth-order valence-corrected chi connectivity index (χ4v) is 4.56. The molecule has 1 aliphatic heterocycles. The minimum absolute atomic E-state index is 0.258. The highest BCUT2D eigenvalue weighted by Crippen LogP contribution is 2.22. The lowest BCUT2D eigenvalue weighted by Gasteiger charge is -2.29. The van der Waals surface area contributed by atoms with Gasteiger partial charge in [0.05, 0.1) is 15.2 Å². The molecule has 148 valence electrons. The number of thiazole rings is 1. The van der Waals surface area contributed by atoms with E-state index in [1.165, 1.54) is 15.2 Å². The Labute approximate surface area is 171 Å². The van der Waals surface area contributed by atoms with Crippen molar-refractivity contribution >= 4 is 27.3 Å². The van der Waals surface area contributed by atoms with Gasteiger partial charge in [-0.2, -0.15) is 0 Å². The SMILES string of the molecule is CC.Cc1nc2cc(C[NH+]3CC[NH+](CC(=O)c4ccccc4)CC3)ccc2s1. The number of rotatable bonds is 5. The molecule has 0 unspecified atom stereocenters. The number of aromatic nitrogens is 1. The fourth-order valence-electron chi connectivity index (χ4n) is 3.75. The van der Waals surface area contributed by atoms with Crippen molar-refractivity contribution in [3.8, 4) is 0 Å². The van der Waals surface area contributed by atoms with E-state index in [2.05, 4.69) is 30.1 Å². The van der Waals surface area contributed by atoms with Crippen LogP contribution < -0.4 is 9.80 Å². The Morgan fingerprint density at radius 3 is 2.39 bits per heavy atom. The van der Waals surface area contributed by atoms with Crippen LogP contribution in [0.5, 0.6) is 0 Å². The fraction of sp³-hybridized carbons (Fsp3) is 0.391. The Morgan fingerprint density at radius 1 is 1.00 bits per heavy atom. The van der Waals surface area contributed by atoms with Crippen LogP contribution in [0.1, 0.15) is 34.8 Å². The maximum atomic E-state index is 12.4. The molecule has 28 heavy (non-hydrogen) atoms. The van der Waals surface area contributed by atoms with E-state index in [4.69, 9.17) is 0 Å². The molecule has 0 bridgehead atoms. The largest absolute Gasteiger partial charge is 0.322 e. The summed E-state index contributed by atoms with van der Waals surface area (Å²) in [5, 5.41) is 1.13. The number of hydrogen-bond donors (Lipinski definition) is 2. The van der Waals surface area contributed by atoms with Crippen LogP contribution in [-0.2, 0) is 6.54 Å². The van der Waals surface area contributed by atoms with Gasteiger partial charge in [-0.25, -0.2) is 4.98 Å². The third-order valence-corrected chi connectivity index (χ3v) is 6.14. The van der Waals surface area contributed by atoms with Crippen LogP contribution in [0.25, 0.3) is 10.2 Å². The van der Waals surface area contributed by atoms with Crippen LogP contribution >= 0.6 is 11.3 Å². The number of aryl methyl sites for hydroxylation is 1. The summed E-state index contributed by atoms with van der Waals surface area (Å²) in [4.78, 5) is 20.0. The number of benzene rings is 2. The van der Waals surface area contributed by atoms with E-state index in [-0.39, 0.29) is 5.78 Å². The number of quaternary nitrogens is 2. The molecule has 2 N–H and O–H groups in total. The Balaban J connectivity index is 0.00000109. The van der Waals surface area contributed by atoms with E-state index in [0.717, 1.165) is 48.8 Å². The number of ketones is 1. The Morgan fingerprint density at radius 2 is 1.68 bits per heavy atom. The van der Waals surface area contributed by atoms with E-state index in [1.54, 1.807) is 16.2 Å². The minimum Gasteiger partial charge on any atom is -0.322 e. The molecule has 1 fully saturated rings. The topological polar surface area (TPSA) is 38.8 Å². The van der Waals surface area contributed by atoms with Gasteiger partial charge < -0.3 is 9.80 Å². The predicted molar refractivity (Wildman–Crippen MR) is 116 cm³/mol. The lowest BCUT2D eigenvalue weighted by atomic mass is 10.1. The highest BCUT2D eigenvalue weighted by molar-refractivity contribution is 7.18. The molecule has 0 radical (unpaired) electrons. The third-order valence-electron chi connectivity index (χ3n) is 5.18. The quantitative estimate of drug-likeness (QED) is 0.645. The molecule has 0 spiro atoms. The number of nitrogens with one attached hydrogen (secondary N) is 2. The van der Waals surface area contributed by atoms with Gasteiger partial charge in [0, 0.05) is 11.1 Å². The van der Waals surface area contributed by atoms with E-state index in [0.29, 0.717) is 6.54 Å². The second kappa shape index (κ2) is 9.92. The van der Waals surface area contributed by atoms with Crippen molar-refractivity contribution in [2.75, 3.05) is 32.7 Å². The first kappa shape index (κ1) is 20.6. The minimum atomic E-state index is 0.258. The Hall–Kier alpha value is -2.08. The average molecular weight is 398 g/mol. The second-order valence-electron chi connectivity index (χ2n) is 7.18. The van der Waals surface area contributed by atoms with Crippen molar-refractivity contribution in [1.82, 2.24) is 4.98 Å². The van der Waals surface area contributed by atoms with Crippen molar-refractivity contribution in [1.29, 1.82) is 0 Å². The first-order valence-electron chi connectivity index (χ1n) is 10.3. The molecule has 0 amide bonds. The molecule has 0 saturated carbocycles. The van der Waals surface area contributed by atoms with Crippen LogP contribution in [0.15, 0.2) is 48.5 Å². The number of piperazine rings is 1. The normalized spacial score (nSPS) is 19.1. The van der Waals surface area contributed by atoms with E-state index >= 15 is 0 Å². The van der Waals surface area contributed by atoms with Crippen molar-refractivity contribution in [3.05, 3.63) is 64.7 Å². The van der Waals surface area contributed by atoms with Crippen LogP contribution in [0.3, 0.4) is 0 Å². The summed E-state index contributed by atoms with van der Waals surface area (Å²) < 4.78 is 1.27. The van der Waals surface area contributed by atoms with Gasteiger partial charge in [-0.1, -0.05) is 50.2 Å². The van der Waals surface area contributed by atoms with Crippen LogP contribution in [-0.4, -0.2) is 43.5 Å². The van der Waals surface area contributed by atoms with Crippen LogP contribution in [0.2, 0.25) is 0 Å². The third kappa shape index (κ3) is 5.25. The first-order chi connectivity index (χ1) is 13.7. The summed E-state index contributed by atoms with van der Waals surface area (Å²) in [5.74, 6) is 0.258. The van der Waals surface area contributed by atoms with Gasteiger partial charge in [0.25, 0.3) is 0 Å². The lowest BCUT2D eigenvalue weighted by molar-refractivity contribution is -1.01. The standard InChI is InChI=1S/C21H23N3OS.C2H6/c1-16-22-19-13-17(7-8-21(19)26-16)14-23-9-11-24(12-10-23)15-20(25)18-5-3-2-4-6-18;1-2/h2-8,13H,9-12,14-15H2,1H3;1-2H3/p+2. The molecule has 5 heteroatoms. The summed E-state index contributed by atoms with van der Waals surface area (Å²) in [6.07, 6.45) is 0. The number of fused-ring (bicyclic) bond motifs is 1. The smallest absolute Gasteiger partial charge is 0.216 e. The van der Waals surface area contributed by atoms with Gasteiger partial charge in [-0.15, -0.1) is 11.3 Å². The molecule has 1 saturated heterocycles. The maximum absolute atomic E-state index is 12.4. The number of hydrogen-bond acceptors (Lipinski definition) is 3. The Kier molecular flexibility index (Phi) is 7.31. The highest BCUT2D eigenvalue weighted by Gasteiger charge is 2.25. The average Bonchev–Trinajstić information content (AvgIpc) is 3.11.